The van der Waals surface area contributed by atoms with Crippen LogP contribution in [0.5, 0.6) is 0 Å². The predicted octanol–water partition coefficient (Wildman–Crippen LogP) is 2.24. The van der Waals surface area contributed by atoms with Gasteiger partial charge in [0.05, 0.1) is 13.2 Å². The van der Waals surface area contributed by atoms with Crippen molar-refractivity contribution >= 4 is 0 Å². The molecule has 1 fully saturated rings. The number of ether oxygens (including phenoxy) is 2. The van der Waals surface area contributed by atoms with Gasteiger partial charge >= 0.3 is 0 Å². The summed E-state index contributed by atoms with van der Waals surface area (Å²) in [5, 5.41) is 3.29. The lowest BCUT2D eigenvalue weighted by Gasteiger charge is -2.25. The molecule has 0 unspecified atom stereocenters. The van der Waals surface area contributed by atoms with Crippen molar-refractivity contribution in [1.82, 2.24) is 5.32 Å². The molecule has 4 heteroatoms. The molecule has 1 heterocycles. The second-order valence-electron chi connectivity index (χ2n) is 4.49. The molecule has 0 spiro atoms. The molecule has 1 aliphatic rings. The van der Waals surface area contributed by atoms with Crippen molar-refractivity contribution in [2.24, 2.45) is 0 Å². The number of hydrogen-bond donors (Lipinski definition) is 1. The van der Waals surface area contributed by atoms with E-state index in [1.54, 1.807) is 6.07 Å². The van der Waals surface area contributed by atoms with Gasteiger partial charge in [-0.2, -0.15) is 0 Å². The average molecular weight is 239 g/mol. The summed E-state index contributed by atoms with van der Waals surface area (Å²) in [6, 6.07) is 6.67. The fraction of sp³-hybridized carbons (Fsp3) is 0.538. The smallest absolute Gasteiger partial charge is 0.178 e. The highest BCUT2D eigenvalue weighted by atomic mass is 19.1. The number of benzene rings is 1. The summed E-state index contributed by atoms with van der Waals surface area (Å²) in [7, 11) is 0. The third kappa shape index (κ3) is 3.25. The van der Waals surface area contributed by atoms with E-state index in [9.17, 15) is 4.39 Å². The SMILES string of the molecule is C[C@@H](NCC1(C)OCCO1)c1cccc(F)c1. The Bertz CT molecular complexity index is 377. The van der Waals surface area contributed by atoms with Gasteiger partial charge in [0, 0.05) is 12.6 Å². The highest BCUT2D eigenvalue weighted by Crippen LogP contribution is 2.19. The van der Waals surface area contributed by atoms with Crippen LogP contribution in [0.15, 0.2) is 24.3 Å². The second-order valence-corrected chi connectivity index (χ2v) is 4.49. The van der Waals surface area contributed by atoms with E-state index in [1.165, 1.54) is 12.1 Å². The molecule has 1 atom stereocenters. The normalized spacial score (nSPS) is 20.4. The standard InChI is InChI=1S/C13H18FNO2/c1-10(11-4-3-5-12(14)8-11)15-9-13(2)16-6-7-17-13/h3-5,8,10,15H,6-7,9H2,1-2H3/t10-/m1/s1. The van der Waals surface area contributed by atoms with E-state index in [1.807, 2.05) is 19.9 Å². The monoisotopic (exact) mass is 239 g/mol. The van der Waals surface area contributed by atoms with Crippen molar-refractivity contribution in [3.05, 3.63) is 35.6 Å². The maximum absolute atomic E-state index is 13.1. The van der Waals surface area contributed by atoms with E-state index in [4.69, 9.17) is 9.47 Å². The molecule has 3 nitrogen and oxygen atoms in total. The number of rotatable bonds is 4. The zero-order chi connectivity index (χ0) is 12.3. The Hall–Kier alpha value is -0.970. The zero-order valence-electron chi connectivity index (χ0n) is 10.2. The maximum atomic E-state index is 13.1. The van der Waals surface area contributed by atoms with Crippen LogP contribution in [0.2, 0.25) is 0 Å². The molecular weight excluding hydrogens is 221 g/mol. The molecule has 0 saturated carbocycles. The van der Waals surface area contributed by atoms with Crippen LogP contribution < -0.4 is 5.32 Å². The molecule has 1 N–H and O–H groups in total. The Morgan fingerprint density at radius 1 is 1.41 bits per heavy atom. The van der Waals surface area contributed by atoms with E-state index in [0.29, 0.717) is 19.8 Å². The third-order valence-electron chi connectivity index (χ3n) is 2.98. The van der Waals surface area contributed by atoms with Gasteiger partial charge in [0.1, 0.15) is 5.82 Å². The number of hydrogen-bond acceptors (Lipinski definition) is 3. The Labute approximate surface area is 101 Å². The van der Waals surface area contributed by atoms with Crippen LogP contribution in [0.4, 0.5) is 4.39 Å². The van der Waals surface area contributed by atoms with Gasteiger partial charge in [-0.25, -0.2) is 4.39 Å². The van der Waals surface area contributed by atoms with E-state index in [-0.39, 0.29) is 11.9 Å². The van der Waals surface area contributed by atoms with Crippen molar-refractivity contribution in [1.29, 1.82) is 0 Å². The van der Waals surface area contributed by atoms with Crippen LogP contribution in [-0.2, 0) is 9.47 Å². The average Bonchev–Trinajstić information content (AvgIpc) is 2.74. The summed E-state index contributed by atoms with van der Waals surface area (Å²) in [6.07, 6.45) is 0. The van der Waals surface area contributed by atoms with Crippen LogP contribution >= 0.6 is 0 Å². The second kappa shape index (κ2) is 5.12. The van der Waals surface area contributed by atoms with E-state index in [0.717, 1.165) is 5.56 Å². The van der Waals surface area contributed by atoms with Crippen LogP contribution in [0.3, 0.4) is 0 Å². The summed E-state index contributed by atoms with van der Waals surface area (Å²) < 4.78 is 24.1. The van der Waals surface area contributed by atoms with Crippen molar-refractivity contribution in [3.8, 4) is 0 Å². The van der Waals surface area contributed by atoms with Gasteiger partial charge in [-0.15, -0.1) is 0 Å². The summed E-state index contributed by atoms with van der Waals surface area (Å²) in [5.74, 6) is -0.766. The molecule has 0 bridgehead atoms. The fourth-order valence-electron chi connectivity index (χ4n) is 1.89. The largest absolute Gasteiger partial charge is 0.347 e. The Morgan fingerprint density at radius 3 is 2.76 bits per heavy atom. The number of halogens is 1. The molecule has 0 amide bonds. The summed E-state index contributed by atoms with van der Waals surface area (Å²) in [5.41, 5.74) is 0.923. The molecule has 1 saturated heterocycles. The lowest BCUT2D eigenvalue weighted by molar-refractivity contribution is -0.139. The van der Waals surface area contributed by atoms with Gasteiger partial charge < -0.3 is 14.8 Å². The lowest BCUT2D eigenvalue weighted by atomic mass is 10.1. The first-order valence-corrected chi connectivity index (χ1v) is 5.86. The molecule has 2 rings (SSSR count). The molecule has 1 aromatic carbocycles. The van der Waals surface area contributed by atoms with Crippen LogP contribution in [0.1, 0.15) is 25.5 Å². The van der Waals surface area contributed by atoms with Gasteiger partial charge in [0.25, 0.3) is 0 Å². The fourth-order valence-corrected chi connectivity index (χ4v) is 1.89. The highest BCUT2D eigenvalue weighted by Gasteiger charge is 2.30. The van der Waals surface area contributed by atoms with Crippen LogP contribution in [0.25, 0.3) is 0 Å². The predicted molar refractivity (Wildman–Crippen MR) is 63.1 cm³/mol. The highest BCUT2D eigenvalue weighted by molar-refractivity contribution is 5.19. The summed E-state index contributed by atoms with van der Waals surface area (Å²) in [6.45, 7) is 5.75. The van der Waals surface area contributed by atoms with Crippen molar-refractivity contribution in [2.45, 2.75) is 25.7 Å². The van der Waals surface area contributed by atoms with Gasteiger partial charge in [-0.05, 0) is 31.5 Å². The minimum Gasteiger partial charge on any atom is -0.347 e. The lowest BCUT2D eigenvalue weighted by Crippen LogP contribution is -2.39. The van der Waals surface area contributed by atoms with Crippen molar-refractivity contribution < 1.29 is 13.9 Å². The Morgan fingerprint density at radius 2 is 2.12 bits per heavy atom. The first-order valence-electron chi connectivity index (χ1n) is 5.86. The zero-order valence-corrected chi connectivity index (χ0v) is 10.2. The third-order valence-corrected chi connectivity index (χ3v) is 2.98. The van der Waals surface area contributed by atoms with E-state index >= 15 is 0 Å². The topological polar surface area (TPSA) is 30.5 Å². The molecular formula is C13H18FNO2. The first kappa shape index (κ1) is 12.5. The molecule has 1 aromatic rings. The Balaban J connectivity index is 1.91. The quantitative estimate of drug-likeness (QED) is 0.874. The first-order chi connectivity index (χ1) is 8.09. The van der Waals surface area contributed by atoms with Gasteiger partial charge in [0.15, 0.2) is 5.79 Å². The van der Waals surface area contributed by atoms with E-state index < -0.39 is 5.79 Å². The van der Waals surface area contributed by atoms with Crippen molar-refractivity contribution in [3.63, 3.8) is 0 Å². The maximum Gasteiger partial charge on any atom is 0.178 e. The molecule has 0 aromatic heterocycles. The minimum absolute atomic E-state index is 0.0651. The molecule has 1 aliphatic heterocycles. The van der Waals surface area contributed by atoms with Crippen LogP contribution in [-0.4, -0.2) is 25.5 Å². The van der Waals surface area contributed by atoms with E-state index in [2.05, 4.69) is 5.32 Å². The van der Waals surface area contributed by atoms with Crippen molar-refractivity contribution in [2.75, 3.05) is 19.8 Å². The van der Waals surface area contributed by atoms with Gasteiger partial charge in [-0.1, -0.05) is 12.1 Å². The molecule has 0 radical (unpaired) electrons. The molecule has 94 valence electrons. The summed E-state index contributed by atoms with van der Waals surface area (Å²) in [4.78, 5) is 0. The number of nitrogens with one attached hydrogen (secondary N) is 1. The molecule has 0 aliphatic carbocycles. The minimum atomic E-state index is -0.554. The van der Waals surface area contributed by atoms with Gasteiger partial charge in [0.2, 0.25) is 0 Å². The van der Waals surface area contributed by atoms with Crippen LogP contribution in [0, 0.1) is 5.82 Å². The summed E-state index contributed by atoms with van der Waals surface area (Å²) >= 11 is 0. The molecule has 17 heavy (non-hydrogen) atoms. The van der Waals surface area contributed by atoms with Gasteiger partial charge in [-0.3, -0.25) is 0 Å². The Kier molecular flexibility index (Phi) is 3.76.